The fourth-order valence-corrected chi connectivity index (χ4v) is 5.04. The molecular formula is C24H24N4O4S. The molecule has 0 saturated heterocycles. The molecule has 2 aromatic carbocycles. The molecule has 8 nitrogen and oxygen atoms in total. The number of aryl methyl sites for hydroxylation is 3. The second-order valence-corrected chi connectivity index (χ2v) is 9.88. The number of sulfonamides is 1. The molecule has 0 amide bonds. The lowest BCUT2D eigenvalue weighted by atomic mass is 10.1. The van der Waals surface area contributed by atoms with Gasteiger partial charge in [-0.15, -0.1) is 0 Å². The van der Waals surface area contributed by atoms with E-state index in [4.69, 9.17) is 4.52 Å². The molecule has 170 valence electrons. The molecule has 2 heterocycles. The summed E-state index contributed by atoms with van der Waals surface area (Å²) in [6.07, 6.45) is 0. The fourth-order valence-electron chi connectivity index (χ4n) is 3.64. The quantitative estimate of drug-likeness (QED) is 0.432. The smallest absolute Gasteiger partial charge is 0.271 e. The van der Waals surface area contributed by atoms with E-state index in [2.05, 4.69) is 10.3 Å². The molecule has 0 atom stereocenters. The lowest BCUT2D eigenvalue weighted by molar-refractivity contribution is 0.392. The molecule has 0 N–H and O–H groups in total. The van der Waals surface area contributed by atoms with Crippen LogP contribution in [0.15, 0.2) is 74.9 Å². The highest BCUT2D eigenvalue weighted by Crippen LogP contribution is 2.27. The van der Waals surface area contributed by atoms with E-state index in [9.17, 15) is 13.2 Å². The molecule has 33 heavy (non-hydrogen) atoms. The minimum Gasteiger partial charge on any atom is -0.359 e. The maximum Gasteiger partial charge on any atom is 0.271 e. The van der Waals surface area contributed by atoms with Crippen molar-refractivity contribution in [3.05, 3.63) is 93.6 Å². The van der Waals surface area contributed by atoms with Crippen LogP contribution in [0.1, 0.15) is 22.6 Å². The Bertz CT molecular complexity index is 1450. The molecule has 0 bridgehead atoms. The molecule has 4 rings (SSSR count). The van der Waals surface area contributed by atoms with E-state index in [0.717, 1.165) is 5.56 Å². The van der Waals surface area contributed by atoms with Crippen molar-refractivity contribution in [2.75, 3.05) is 7.05 Å². The van der Waals surface area contributed by atoms with Crippen LogP contribution in [0.3, 0.4) is 0 Å². The van der Waals surface area contributed by atoms with Crippen molar-refractivity contribution in [3.63, 3.8) is 0 Å². The summed E-state index contributed by atoms with van der Waals surface area (Å²) >= 11 is 0. The predicted molar refractivity (Wildman–Crippen MR) is 125 cm³/mol. The topological polar surface area (TPSA) is 98.3 Å². The zero-order chi connectivity index (χ0) is 23.8. The van der Waals surface area contributed by atoms with Crippen LogP contribution in [0.4, 0.5) is 0 Å². The van der Waals surface area contributed by atoms with Gasteiger partial charge in [-0.25, -0.2) is 8.42 Å². The highest BCUT2D eigenvalue weighted by atomic mass is 32.2. The predicted octanol–water partition coefficient (Wildman–Crippen LogP) is 3.63. The minimum absolute atomic E-state index is 0.190. The number of hydrogen-bond donors (Lipinski definition) is 0. The number of aromatic nitrogens is 3. The van der Waals surface area contributed by atoms with E-state index in [1.54, 1.807) is 52.1 Å². The first-order chi connectivity index (χ1) is 15.7. The number of benzene rings is 2. The molecule has 0 aliphatic carbocycles. The van der Waals surface area contributed by atoms with Crippen LogP contribution in [0.25, 0.3) is 16.9 Å². The maximum atomic E-state index is 13.4. The summed E-state index contributed by atoms with van der Waals surface area (Å²) in [4.78, 5) is 12.7. The molecule has 0 spiro atoms. The summed E-state index contributed by atoms with van der Waals surface area (Å²) in [5, 5.41) is 8.36. The Morgan fingerprint density at radius 3 is 2.39 bits per heavy atom. The van der Waals surface area contributed by atoms with E-state index in [1.165, 1.54) is 15.1 Å². The Kier molecular flexibility index (Phi) is 6.01. The Morgan fingerprint density at radius 1 is 1.00 bits per heavy atom. The van der Waals surface area contributed by atoms with Crippen LogP contribution >= 0.6 is 0 Å². The van der Waals surface area contributed by atoms with Crippen molar-refractivity contribution in [1.29, 1.82) is 0 Å². The van der Waals surface area contributed by atoms with Crippen LogP contribution < -0.4 is 5.56 Å². The Morgan fingerprint density at radius 2 is 1.73 bits per heavy atom. The van der Waals surface area contributed by atoms with Crippen molar-refractivity contribution in [3.8, 4) is 16.9 Å². The second kappa shape index (κ2) is 8.76. The lowest BCUT2D eigenvalue weighted by Gasteiger charge is -2.19. The zero-order valence-electron chi connectivity index (χ0n) is 18.8. The van der Waals surface area contributed by atoms with Gasteiger partial charge in [0.25, 0.3) is 5.56 Å². The SMILES string of the molecule is Cc1ccc(-c2ccc(=O)n(-c3c(C)noc3C)n2)cc1S(=O)(=O)N(C)Cc1ccccc1. The van der Waals surface area contributed by atoms with Crippen molar-refractivity contribution in [2.24, 2.45) is 0 Å². The van der Waals surface area contributed by atoms with Gasteiger partial charge in [-0.2, -0.15) is 14.1 Å². The average molecular weight is 465 g/mol. The van der Waals surface area contributed by atoms with E-state index in [-0.39, 0.29) is 17.0 Å². The van der Waals surface area contributed by atoms with Gasteiger partial charge in [-0.3, -0.25) is 4.79 Å². The molecule has 0 aliphatic rings. The molecule has 0 saturated carbocycles. The highest BCUT2D eigenvalue weighted by molar-refractivity contribution is 7.89. The number of hydrogen-bond acceptors (Lipinski definition) is 6. The van der Waals surface area contributed by atoms with Crippen LogP contribution in [0, 0.1) is 20.8 Å². The molecule has 0 unspecified atom stereocenters. The molecular weight excluding hydrogens is 440 g/mol. The summed E-state index contributed by atoms with van der Waals surface area (Å²) in [6, 6.07) is 17.5. The van der Waals surface area contributed by atoms with E-state index >= 15 is 0 Å². The monoisotopic (exact) mass is 464 g/mol. The van der Waals surface area contributed by atoms with Gasteiger partial charge in [-0.1, -0.05) is 47.6 Å². The fraction of sp³-hybridized carbons (Fsp3) is 0.208. The van der Waals surface area contributed by atoms with Gasteiger partial charge in [0.15, 0.2) is 5.76 Å². The van der Waals surface area contributed by atoms with Gasteiger partial charge in [-0.05, 0) is 44.0 Å². The normalized spacial score (nSPS) is 11.8. The summed E-state index contributed by atoms with van der Waals surface area (Å²) in [7, 11) is -2.20. The molecule has 0 radical (unpaired) electrons. The molecule has 4 aromatic rings. The zero-order valence-corrected chi connectivity index (χ0v) is 19.6. The third-order valence-corrected chi connectivity index (χ3v) is 7.37. The maximum absolute atomic E-state index is 13.4. The van der Waals surface area contributed by atoms with E-state index in [0.29, 0.717) is 34.0 Å². The second-order valence-electron chi connectivity index (χ2n) is 7.87. The standard InChI is InChI=1S/C24H24N4O4S/c1-16-10-11-20(14-22(16)33(30,31)27(4)15-19-8-6-5-7-9-19)21-12-13-23(29)28(25-21)24-17(2)26-32-18(24)3/h5-14H,15H2,1-4H3. The molecule has 2 aromatic heterocycles. The average Bonchev–Trinajstić information content (AvgIpc) is 3.13. The van der Waals surface area contributed by atoms with Gasteiger partial charge < -0.3 is 4.52 Å². The first-order valence-electron chi connectivity index (χ1n) is 10.3. The van der Waals surface area contributed by atoms with Crippen LogP contribution in [-0.4, -0.2) is 34.7 Å². The number of nitrogens with zero attached hydrogens (tertiary/aromatic N) is 4. The molecule has 0 aliphatic heterocycles. The number of rotatable bonds is 6. The highest BCUT2D eigenvalue weighted by Gasteiger charge is 2.24. The van der Waals surface area contributed by atoms with Gasteiger partial charge in [0.1, 0.15) is 11.4 Å². The largest absolute Gasteiger partial charge is 0.359 e. The molecule has 9 heteroatoms. The molecule has 0 fully saturated rings. The Balaban J connectivity index is 1.75. The van der Waals surface area contributed by atoms with Crippen LogP contribution in [-0.2, 0) is 16.6 Å². The van der Waals surface area contributed by atoms with Crippen molar-refractivity contribution in [2.45, 2.75) is 32.2 Å². The van der Waals surface area contributed by atoms with Crippen LogP contribution in [0.2, 0.25) is 0 Å². The first-order valence-corrected chi connectivity index (χ1v) is 11.8. The van der Waals surface area contributed by atoms with E-state index in [1.807, 2.05) is 30.3 Å². The van der Waals surface area contributed by atoms with Gasteiger partial charge in [0.05, 0.1) is 10.6 Å². The third kappa shape index (κ3) is 4.37. The first kappa shape index (κ1) is 22.6. The summed E-state index contributed by atoms with van der Waals surface area (Å²) < 4.78 is 34.5. The summed E-state index contributed by atoms with van der Waals surface area (Å²) in [5.74, 6) is 0.467. The summed E-state index contributed by atoms with van der Waals surface area (Å²) in [6.45, 7) is 5.44. The Labute approximate surface area is 192 Å². The lowest BCUT2D eigenvalue weighted by Crippen LogP contribution is -2.27. The third-order valence-electron chi connectivity index (χ3n) is 5.43. The van der Waals surface area contributed by atoms with Gasteiger partial charge in [0, 0.05) is 25.2 Å². The van der Waals surface area contributed by atoms with Crippen LogP contribution in [0.5, 0.6) is 0 Å². The van der Waals surface area contributed by atoms with Crippen molar-refractivity contribution >= 4 is 10.0 Å². The van der Waals surface area contributed by atoms with Crippen molar-refractivity contribution in [1.82, 2.24) is 19.2 Å². The minimum atomic E-state index is -3.76. The Hall–Kier alpha value is -3.56. The van der Waals surface area contributed by atoms with Gasteiger partial charge >= 0.3 is 0 Å². The summed E-state index contributed by atoms with van der Waals surface area (Å²) in [5.41, 5.74) is 3.22. The van der Waals surface area contributed by atoms with Crippen molar-refractivity contribution < 1.29 is 12.9 Å². The van der Waals surface area contributed by atoms with Gasteiger partial charge in [0.2, 0.25) is 10.0 Å². The van der Waals surface area contributed by atoms with E-state index < -0.39 is 10.0 Å².